The second-order valence-electron chi connectivity index (χ2n) is 2.75. The van der Waals surface area contributed by atoms with Gasteiger partial charge >= 0.3 is 0 Å². The number of nitrogens with one attached hydrogen (secondary N) is 1. The highest BCUT2D eigenvalue weighted by atomic mass is 32.1. The second kappa shape index (κ2) is 4.32. The van der Waals surface area contributed by atoms with Gasteiger partial charge in [0.1, 0.15) is 0 Å². The molecule has 1 aromatic heterocycles. The van der Waals surface area contributed by atoms with Crippen LogP contribution in [-0.2, 0) is 7.05 Å². The van der Waals surface area contributed by atoms with Crippen LogP contribution in [0.5, 0.6) is 0 Å². The molecule has 0 spiro atoms. The Bertz CT molecular complexity index is 308. The Balaban J connectivity index is 2.71. The van der Waals surface area contributed by atoms with Gasteiger partial charge in [0.25, 0.3) is 5.91 Å². The molecule has 1 N–H and O–H groups in total. The van der Waals surface area contributed by atoms with Gasteiger partial charge in [0.15, 0.2) is 0 Å². The van der Waals surface area contributed by atoms with Crippen LogP contribution in [0.15, 0.2) is 6.20 Å². The number of carbonyl (C=O) groups excluding carboxylic acids is 1. The zero-order valence-electron chi connectivity index (χ0n) is 7.74. The Kier molecular flexibility index (Phi) is 3.36. The predicted octanol–water partition coefficient (Wildman–Crippen LogP) is 0.388. The summed E-state index contributed by atoms with van der Waals surface area (Å²) in [4.78, 5) is 11.4. The molecule has 72 valence electrons. The van der Waals surface area contributed by atoms with Crippen LogP contribution in [0.3, 0.4) is 0 Å². The van der Waals surface area contributed by atoms with Gasteiger partial charge in [-0.15, -0.1) is 0 Å². The van der Waals surface area contributed by atoms with Crippen LogP contribution in [0.2, 0.25) is 0 Å². The highest BCUT2D eigenvalue weighted by molar-refractivity contribution is 7.80. The van der Waals surface area contributed by atoms with Crippen LogP contribution in [0, 0.1) is 6.92 Å². The molecule has 0 bridgehead atoms. The van der Waals surface area contributed by atoms with Crippen molar-refractivity contribution in [3.05, 3.63) is 17.5 Å². The fourth-order valence-corrected chi connectivity index (χ4v) is 1.10. The van der Waals surface area contributed by atoms with Gasteiger partial charge in [0, 0.05) is 25.0 Å². The van der Waals surface area contributed by atoms with Crippen molar-refractivity contribution in [2.24, 2.45) is 7.05 Å². The van der Waals surface area contributed by atoms with Gasteiger partial charge in [-0.1, -0.05) is 0 Å². The Morgan fingerprint density at radius 1 is 1.77 bits per heavy atom. The van der Waals surface area contributed by atoms with Crippen molar-refractivity contribution in [3.8, 4) is 0 Å². The average molecular weight is 199 g/mol. The first kappa shape index (κ1) is 10.1. The molecule has 0 aliphatic rings. The minimum Gasteiger partial charge on any atom is -0.351 e. The number of rotatable bonds is 3. The van der Waals surface area contributed by atoms with Crippen molar-refractivity contribution in [2.45, 2.75) is 6.92 Å². The van der Waals surface area contributed by atoms with Gasteiger partial charge < -0.3 is 5.32 Å². The smallest absolute Gasteiger partial charge is 0.254 e. The molecule has 0 unspecified atom stereocenters. The molecule has 1 heterocycles. The van der Waals surface area contributed by atoms with Crippen molar-refractivity contribution in [3.63, 3.8) is 0 Å². The van der Waals surface area contributed by atoms with E-state index in [1.807, 2.05) is 14.0 Å². The first-order valence-electron chi connectivity index (χ1n) is 4.04. The van der Waals surface area contributed by atoms with Gasteiger partial charge in [-0.25, -0.2) is 0 Å². The Morgan fingerprint density at radius 3 is 2.92 bits per heavy atom. The van der Waals surface area contributed by atoms with E-state index in [0.29, 0.717) is 17.9 Å². The molecule has 0 aliphatic heterocycles. The lowest BCUT2D eigenvalue weighted by Gasteiger charge is -2.01. The maximum absolute atomic E-state index is 11.4. The van der Waals surface area contributed by atoms with E-state index < -0.39 is 0 Å². The number of nitrogens with zero attached hydrogens (tertiary/aromatic N) is 2. The van der Waals surface area contributed by atoms with Crippen LogP contribution in [0.4, 0.5) is 0 Å². The summed E-state index contributed by atoms with van der Waals surface area (Å²) < 4.78 is 1.68. The molecule has 0 atom stereocenters. The number of thiol groups is 1. The molecule has 13 heavy (non-hydrogen) atoms. The quantitative estimate of drug-likeness (QED) is 0.692. The van der Waals surface area contributed by atoms with E-state index in [1.165, 1.54) is 0 Å². The molecule has 4 nitrogen and oxygen atoms in total. The molecule has 0 saturated carbocycles. The summed E-state index contributed by atoms with van der Waals surface area (Å²) in [5.41, 5.74) is 1.50. The van der Waals surface area contributed by atoms with Crippen LogP contribution < -0.4 is 5.32 Å². The molecule has 0 aromatic carbocycles. The maximum atomic E-state index is 11.4. The lowest BCUT2D eigenvalue weighted by atomic mass is 10.2. The molecule has 0 aliphatic carbocycles. The van der Waals surface area contributed by atoms with Gasteiger partial charge in [-0.3, -0.25) is 9.48 Å². The summed E-state index contributed by atoms with van der Waals surface area (Å²) in [6.45, 7) is 2.44. The van der Waals surface area contributed by atoms with E-state index in [4.69, 9.17) is 0 Å². The fourth-order valence-electron chi connectivity index (χ4n) is 0.986. The van der Waals surface area contributed by atoms with Gasteiger partial charge in [0.05, 0.1) is 11.8 Å². The maximum Gasteiger partial charge on any atom is 0.254 e. The summed E-state index contributed by atoms with van der Waals surface area (Å²) in [5.74, 6) is 0.560. The molecule has 0 radical (unpaired) electrons. The Morgan fingerprint density at radius 2 is 2.46 bits per heavy atom. The van der Waals surface area contributed by atoms with Crippen molar-refractivity contribution in [1.82, 2.24) is 15.1 Å². The van der Waals surface area contributed by atoms with Crippen molar-refractivity contribution in [1.29, 1.82) is 0 Å². The van der Waals surface area contributed by atoms with Gasteiger partial charge in [0.2, 0.25) is 0 Å². The third-order valence-corrected chi connectivity index (χ3v) is 2.10. The van der Waals surface area contributed by atoms with Gasteiger partial charge in [-0.2, -0.15) is 17.7 Å². The van der Waals surface area contributed by atoms with E-state index in [1.54, 1.807) is 10.9 Å². The van der Waals surface area contributed by atoms with Crippen LogP contribution in [-0.4, -0.2) is 28.0 Å². The van der Waals surface area contributed by atoms with E-state index in [-0.39, 0.29) is 5.91 Å². The summed E-state index contributed by atoms with van der Waals surface area (Å²) >= 11 is 4.00. The summed E-state index contributed by atoms with van der Waals surface area (Å²) in [6, 6.07) is 0. The number of aryl methyl sites for hydroxylation is 1. The number of amides is 1. The van der Waals surface area contributed by atoms with Crippen LogP contribution in [0.25, 0.3) is 0 Å². The molecule has 0 saturated heterocycles. The lowest BCUT2D eigenvalue weighted by Crippen LogP contribution is -2.25. The second-order valence-corrected chi connectivity index (χ2v) is 3.19. The topological polar surface area (TPSA) is 46.9 Å². The van der Waals surface area contributed by atoms with E-state index in [9.17, 15) is 4.79 Å². The lowest BCUT2D eigenvalue weighted by molar-refractivity contribution is 0.0955. The predicted molar refractivity (Wildman–Crippen MR) is 54.1 cm³/mol. The monoisotopic (exact) mass is 199 g/mol. The van der Waals surface area contributed by atoms with E-state index >= 15 is 0 Å². The Labute approximate surface area is 82.7 Å². The third kappa shape index (κ3) is 2.24. The largest absolute Gasteiger partial charge is 0.351 e. The number of aromatic nitrogens is 2. The highest BCUT2D eigenvalue weighted by Gasteiger charge is 2.11. The zero-order chi connectivity index (χ0) is 9.84. The zero-order valence-corrected chi connectivity index (χ0v) is 8.64. The van der Waals surface area contributed by atoms with Crippen molar-refractivity contribution in [2.75, 3.05) is 12.3 Å². The van der Waals surface area contributed by atoms with Crippen molar-refractivity contribution < 1.29 is 4.79 Å². The molecule has 1 rings (SSSR count). The minimum atomic E-state index is -0.0837. The molecule has 5 heteroatoms. The van der Waals surface area contributed by atoms with E-state index in [0.717, 1.165) is 5.69 Å². The standard InChI is InChI=1S/C8H13N3OS/c1-6-7(5-10-11(6)2)8(12)9-3-4-13/h5,13H,3-4H2,1-2H3,(H,9,12). The molecule has 1 amide bonds. The summed E-state index contributed by atoms with van der Waals surface area (Å²) in [5, 5.41) is 6.72. The number of hydrogen-bond donors (Lipinski definition) is 2. The highest BCUT2D eigenvalue weighted by Crippen LogP contribution is 2.04. The number of hydrogen-bond acceptors (Lipinski definition) is 3. The molecular formula is C8H13N3OS. The van der Waals surface area contributed by atoms with Gasteiger partial charge in [-0.05, 0) is 6.92 Å². The average Bonchev–Trinajstić information content (AvgIpc) is 2.44. The molecule has 0 fully saturated rings. The number of carbonyl (C=O) groups is 1. The third-order valence-electron chi connectivity index (χ3n) is 1.88. The SMILES string of the molecule is Cc1c(C(=O)NCCS)cnn1C. The summed E-state index contributed by atoms with van der Waals surface area (Å²) in [7, 11) is 1.81. The molecule has 1 aromatic rings. The Hall–Kier alpha value is -0.970. The van der Waals surface area contributed by atoms with Crippen molar-refractivity contribution >= 4 is 18.5 Å². The fraction of sp³-hybridized carbons (Fsp3) is 0.500. The molecular weight excluding hydrogens is 186 g/mol. The minimum absolute atomic E-state index is 0.0837. The summed E-state index contributed by atoms with van der Waals surface area (Å²) in [6.07, 6.45) is 1.57. The normalized spacial score (nSPS) is 10.1. The van der Waals surface area contributed by atoms with E-state index in [2.05, 4.69) is 23.0 Å². The first-order chi connectivity index (χ1) is 6.16. The van der Waals surface area contributed by atoms with Crippen LogP contribution >= 0.6 is 12.6 Å². The van der Waals surface area contributed by atoms with Crippen LogP contribution in [0.1, 0.15) is 16.1 Å². The first-order valence-corrected chi connectivity index (χ1v) is 4.67.